The minimum atomic E-state index is -3.12. The Morgan fingerprint density at radius 1 is 1.36 bits per heavy atom. The molecule has 1 saturated heterocycles. The van der Waals surface area contributed by atoms with Gasteiger partial charge in [-0.05, 0) is 5.41 Å². The van der Waals surface area contributed by atoms with Crippen molar-refractivity contribution in [2.75, 3.05) is 24.7 Å². The van der Waals surface area contributed by atoms with Crippen LogP contribution in [0.5, 0.6) is 0 Å². The highest BCUT2D eigenvalue weighted by Gasteiger charge is 2.37. The van der Waals surface area contributed by atoms with Crippen molar-refractivity contribution in [3.63, 3.8) is 0 Å². The Balaban J connectivity index is 0.00000441. The normalized spacial score (nSPS) is 18.8. The third-order valence-electron chi connectivity index (χ3n) is 3.01. The van der Waals surface area contributed by atoms with E-state index in [0.29, 0.717) is 18.1 Å². The van der Waals surface area contributed by atoms with Gasteiger partial charge in [-0.1, -0.05) is 20.8 Å². The Bertz CT molecular complexity index is 405. The number of halogens is 3. The van der Waals surface area contributed by atoms with Gasteiger partial charge in [0.05, 0.1) is 19.0 Å². The van der Waals surface area contributed by atoms with E-state index in [2.05, 4.69) is 5.32 Å². The van der Waals surface area contributed by atoms with Gasteiger partial charge < -0.3 is 16.0 Å². The number of rotatable bonds is 5. The summed E-state index contributed by atoms with van der Waals surface area (Å²) < 4.78 is 26.1. The molecular formula is C13H24ClF2N3O2S. The molecule has 1 aliphatic rings. The fourth-order valence-electron chi connectivity index (χ4n) is 1.87. The van der Waals surface area contributed by atoms with E-state index in [-0.39, 0.29) is 23.7 Å². The number of alkyl halides is 2. The Labute approximate surface area is 140 Å². The van der Waals surface area contributed by atoms with Crippen molar-refractivity contribution in [2.45, 2.75) is 39.2 Å². The first kappa shape index (κ1) is 21.4. The second-order valence-electron chi connectivity index (χ2n) is 6.39. The highest BCUT2D eigenvalue weighted by Crippen LogP contribution is 2.26. The fourth-order valence-corrected chi connectivity index (χ4v) is 3.05. The van der Waals surface area contributed by atoms with Gasteiger partial charge in [0.15, 0.2) is 0 Å². The van der Waals surface area contributed by atoms with E-state index in [1.54, 1.807) is 0 Å². The van der Waals surface area contributed by atoms with Gasteiger partial charge in [0, 0.05) is 12.2 Å². The van der Waals surface area contributed by atoms with E-state index in [4.69, 9.17) is 5.73 Å². The summed E-state index contributed by atoms with van der Waals surface area (Å²) in [6.07, 6.45) is 0.316. The van der Waals surface area contributed by atoms with Gasteiger partial charge in [-0.2, -0.15) is 0 Å². The average Bonchev–Trinajstić information content (AvgIpc) is 2.83. The van der Waals surface area contributed by atoms with E-state index < -0.39 is 31.0 Å². The minimum absolute atomic E-state index is 0. The molecule has 0 aliphatic carbocycles. The molecule has 1 fully saturated rings. The quantitative estimate of drug-likeness (QED) is 0.779. The molecule has 22 heavy (non-hydrogen) atoms. The maximum atomic E-state index is 13.1. The zero-order valence-corrected chi connectivity index (χ0v) is 14.7. The molecular weight excluding hydrogens is 336 g/mol. The standard InChI is InChI=1S/C13H23F2N3O2S.ClH/c1-12(2,3)4-10(19)18-8-21-5-9(18)11(20)17-7-13(14,15)6-16;/h9H,4-8,16H2,1-3H3,(H,17,20);1H. The summed E-state index contributed by atoms with van der Waals surface area (Å²) in [7, 11) is 0. The number of amides is 2. The zero-order valence-electron chi connectivity index (χ0n) is 13.0. The second kappa shape index (κ2) is 8.31. The summed E-state index contributed by atoms with van der Waals surface area (Å²) in [5.74, 6) is -2.95. The molecule has 1 aliphatic heterocycles. The summed E-state index contributed by atoms with van der Waals surface area (Å²) in [5.41, 5.74) is 4.74. The molecule has 0 aromatic heterocycles. The molecule has 5 nitrogen and oxygen atoms in total. The first-order chi connectivity index (χ1) is 9.56. The van der Waals surface area contributed by atoms with Crippen LogP contribution in [-0.4, -0.2) is 53.4 Å². The van der Waals surface area contributed by atoms with Crippen molar-refractivity contribution >= 4 is 36.0 Å². The molecule has 0 aromatic carbocycles. The molecule has 0 saturated carbocycles. The molecule has 3 N–H and O–H groups in total. The van der Waals surface area contributed by atoms with Crippen molar-refractivity contribution in [1.82, 2.24) is 10.2 Å². The third kappa shape index (κ3) is 6.66. The minimum Gasteiger partial charge on any atom is -0.348 e. The van der Waals surface area contributed by atoms with Gasteiger partial charge in [0.25, 0.3) is 5.92 Å². The monoisotopic (exact) mass is 359 g/mol. The predicted molar refractivity (Wildman–Crippen MR) is 86.3 cm³/mol. The molecule has 0 spiro atoms. The average molecular weight is 360 g/mol. The van der Waals surface area contributed by atoms with Crippen molar-refractivity contribution in [1.29, 1.82) is 0 Å². The maximum Gasteiger partial charge on any atom is 0.277 e. The topological polar surface area (TPSA) is 75.4 Å². The van der Waals surface area contributed by atoms with Crippen LogP contribution in [0.15, 0.2) is 0 Å². The fraction of sp³-hybridized carbons (Fsp3) is 0.846. The summed E-state index contributed by atoms with van der Waals surface area (Å²) in [4.78, 5) is 25.7. The molecule has 2 amide bonds. The van der Waals surface area contributed by atoms with Gasteiger partial charge in [-0.15, -0.1) is 24.2 Å². The summed E-state index contributed by atoms with van der Waals surface area (Å²) in [5, 5.41) is 2.19. The van der Waals surface area contributed by atoms with Gasteiger partial charge in [0.2, 0.25) is 11.8 Å². The van der Waals surface area contributed by atoms with Gasteiger partial charge in [0.1, 0.15) is 6.04 Å². The highest BCUT2D eigenvalue weighted by molar-refractivity contribution is 7.99. The molecule has 0 radical (unpaired) electrons. The number of nitrogens with two attached hydrogens (primary N) is 1. The molecule has 130 valence electrons. The zero-order chi connectivity index (χ0) is 16.3. The number of carbonyl (C=O) groups excluding carboxylic acids is 2. The van der Waals surface area contributed by atoms with Crippen molar-refractivity contribution in [3.8, 4) is 0 Å². The number of hydrogen-bond donors (Lipinski definition) is 2. The lowest BCUT2D eigenvalue weighted by Gasteiger charge is -2.27. The predicted octanol–water partition coefficient (Wildman–Crippen LogP) is 1.46. The molecule has 0 aromatic rings. The highest BCUT2D eigenvalue weighted by atomic mass is 35.5. The lowest BCUT2D eigenvalue weighted by molar-refractivity contribution is -0.139. The molecule has 9 heteroatoms. The summed E-state index contributed by atoms with van der Waals surface area (Å²) in [6.45, 7) is 4.19. The van der Waals surface area contributed by atoms with Gasteiger partial charge in [-0.3, -0.25) is 9.59 Å². The lowest BCUT2D eigenvalue weighted by atomic mass is 9.91. The van der Waals surface area contributed by atoms with Crippen LogP contribution in [0.2, 0.25) is 0 Å². The first-order valence-electron chi connectivity index (χ1n) is 6.78. The van der Waals surface area contributed by atoms with E-state index in [9.17, 15) is 18.4 Å². The van der Waals surface area contributed by atoms with E-state index in [0.717, 1.165) is 0 Å². The Kier molecular flexibility index (Phi) is 8.08. The van der Waals surface area contributed by atoms with Crippen LogP contribution < -0.4 is 11.1 Å². The number of hydrogen-bond acceptors (Lipinski definition) is 4. The van der Waals surface area contributed by atoms with Crippen LogP contribution in [-0.2, 0) is 9.59 Å². The van der Waals surface area contributed by atoms with Crippen molar-refractivity contribution in [3.05, 3.63) is 0 Å². The number of thioether (sulfide) groups is 1. The second-order valence-corrected chi connectivity index (χ2v) is 7.39. The number of nitrogens with one attached hydrogen (secondary N) is 1. The van der Waals surface area contributed by atoms with Gasteiger partial charge >= 0.3 is 0 Å². The largest absolute Gasteiger partial charge is 0.348 e. The molecule has 1 unspecified atom stereocenters. The smallest absolute Gasteiger partial charge is 0.277 e. The molecule has 1 heterocycles. The van der Waals surface area contributed by atoms with Crippen LogP contribution in [0.4, 0.5) is 8.78 Å². The van der Waals surface area contributed by atoms with Crippen molar-refractivity contribution in [2.24, 2.45) is 11.1 Å². The lowest BCUT2D eigenvalue weighted by Crippen LogP contribution is -2.51. The van der Waals surface area contributed by atoms with Gasteiger partial charge in [-0.25, -0.2) is 8.78 Å². The molecule has 1 atom stereocenters. The molecule has 0 bridgehead atoms. The Morgan fingerprint density at radius 2 is 1.95 bits per heavy atom. The van der Waals surface area contributed by atoms with Crippen molar-refractivity contribution < 1.29 is 18.4 Å². The molecule has 1 rings (SSSR count). The van der Waals surface area contributed by atoms with E-state index >= 15 is 0 Å². The first-order valence-corrected chi connectivity index (χ1v) is 7.94. The SMILES string of the molecule is CC(C)(C)CC(=O)N1CSCC1C(=O)NCC(F)(F)CN.Cl. The maximum absolute atomic E-state index is 13.1. The van der Waals surface area contributed by atoms with Crippen LogP contribution in [0, 0.1) is 5.41 Å². The van der Waals surface area contributed by atoms with Crippen LogP contribution >= 0.6 is 24.2 Å². The van der Waals surface area contributed by atoms with Crippen LogP contribution in [0.25, 0.3) is 0 Å². The van der Waals surface area contributed by atoms with Crippen LogP contribution in [0.1, 0.15) is 27.2 Å². The van der Waals surface area contributed by atoms with Crippen LogP contribution in [0.3, 0.4) is 0 Å². The Morgan fingerprint density at radius 3 is 2.45 bits per heavy atom. The number of carbonyl (C=O) groups is 2. The Hall–Kier alpha value is -0.600. The number of nitrogens with zero attached hydrogens (tertiary/aromatic N) is 1. The summed E-state index contributed by atoms with van der Waals surface area (Å²) >= 11 is 1.44. The summed E-state index contributed by atoms with van der Waals surface area (Å²) in [6, 6.07) is -0.682. The third-order valence-corrected chi connectivity index (χ3v) is 4.02. The van der Waals surface area contributed by atoms with E-state index in [1.165, 1.54) is 16.7 Å². The van der Waals surface area contributed by atoms with E-state index in [1.807, 2.05) is 20.8 Å².